The van der Waals surface area contributed by atoms with Crippen LogP contribution in [0.3, 0.4) is 0 Å². The van der Waals surface area contributed by atoms with Gasteiger partial charge in [-0.3, -0.25) is 0 Å². The van der Waals surface area contributed by atoms with Gasteiger partial charge in [-0.25, -0.2) is 14.6 Å². The summed E-state index contributed by atoms with van der Waals surface area (Å²) < 4.78 is 0. The van der Waals surface area contributed by atoms with Crippen LogP contribution in [0.25, 0.3) is 0 Å². The number of benzene rings is 1. The van der Waals surface area contributed by atoms with Gasteiger partial charge >= 0.3 is 12.0 Å². The van der Waals surface area contributed by atoms with Gasteiger partial charge in [-0.15, -0.1) is 0 Å². The van der Waals surface area contributed by atoms with Crippen molar-refractivity contribution in [3.63, 3.8) is 0 Å². The molecule has 0 fully saturated rings. The number of rotatable bonds is 5. The molecule has 7 nitrogen and oxygen atoms in total. The Labute approximate surface area is 121 Å². The number of aromatic amines is 1. The standard InChI is InChI=1S/C14H16N4O3/c1-9-8-10(2-3-11(9)13(19)20)18-14(21)17-5-4-12-15-6-7-16-12/h2-3,6-8H,4-5H2,1H3,(H,15,16)(H,19,20)(H2,17,18,21). The summed E-state index contributed by atoms with van der Waals surface area (Å²) in [5, 5.41) is 14.3. The Bertz CT molecular complexity index is 638. The van der Waals surface area contributed by atoms with E-state index >= 15 is 0 Å². The van der Waals surface area contributed by atoms with E-state index in [1.807, 2.05) is 0 Å². The second kappa shape index (κ2) is 6.56. The number of carboxylic acid groups (broad SMARTS) is 1. The highest BCUT2D eigenvalue weighted by atomic mass is 16.4. The number of carbonyl (C=O) groups excluding carboxylic acids is 1. The maximum Gasteiger partial charge on any atom is 0.335 e. The summed E-state index contributed by atoms with van der Waals surface area (Å²) in [4.78, 5) is 29.6. The van der Waals surface area contributed by atoms with Gasteiger partial charge in [0.2, 0.25) is 0 Å². The Hall–Kier alpha value is -2.83. The summed E-state index contributed by atoms with van der Waals surface area (Å²) in [5.74, 6) is -0.182. The molecule has 0 radical (unpaired) electrons. The number of anilines is 1. The Morgan fingerprint density at radius 1 is 1.38 bits per heavy atom. The fourth-order valence-electron chi connectivity index (χ4n) is 1.89. The number of aryl methyl sites for hydroxylation is 1. The summed E-state index contributed by atoms with van der Waals surface area (Å²) in [7, 11) is 0. The normalized spacial score (nSPS) is 10.1. The van der Waals surface area contributed by atoms with Crippen LogP contribution >= 0.6 is 0 Å². The van der Waals surface area contributed by atoms with Crippen LogP contribution in [0.15, 0.2) is 30.6 Å². The van der Waals surface area contributed by atoms with Crippen LogP contribution in [0.1, 0.15) is 21.7 Å². The molecule has 2 rings (SSSR count). The number of urea groups is 1. The van der Waals surface area contributed by atoms with Crippen molar-refractivity contribution in [2.75, 3.05) is 11.9 Å². The molecule has 1 heterocycles. The second-order valence-electron chi connectivity index (χ2n) is 4.50. The number of hydrogen-bond acceptors (Lipinski definition) is 3. The van der Waals surface area contributed by atoms with Crippen molar-refractivity contribution in [2.24, 2.45) is 0 Å². The van der Waals surface area contributed by atoms with Gasteiger partial charge in [0, 0.05) is 31.0 Å². The Morgan fingerprint density at radius 2 is 2.19 bits per heavy atom. The number of carboxylic acids is 1. The van der Waals surface area contributed by atoms with Crippen LogP contribution < -0.4 is 10.6 Å². The monoisotopic (exact) mass is 288 g/mol. The van der Waals surface area contributed by atoms with Gasteiger partial charge in [-0.2, -0.15) is 0 Å². The summed E-state index contributed by atoms with van der Waals surface area (Å²) >= 11 is 0. The molecule has 0 unspecified atom stereocenters. The Morgan fingerprint density at radius 3 is 2.81 bits per heavy atom. The number of carbonyl (C=O) groups is 2. The van der Waals surface area contributed by atoms with Gasteiger partial charge < -0.3 is 20.7 Å². The Kier molecular flexibility index (Phi) is 4.55. The molecule has 21 heavy (non-hydrogen) atoms. The number of imidazole rings is 1. The molecule has 2 aromatic rings. The summed E-state index contributed by atoms with van der Waals surface area (Å²) in [6.45, 7) is 2.13. The minimum absolute atomic E-state index is 0.221. The molecule has 0 bridgehead atoms. The molecule has 110 valence electrons. The molecule has 4 N–H and O–H groups in total. The molecular formula is C14H16N4O3. The predicted molar refractivity (Wildman–Crippen MR) is 77.5 cm³/mol. The first kappa shape index (κ1) is 14.6. The number of amides is 2. The van der Waals surface area contributed by atoms with Gasteiger partial charge in [-0.1, -0.05) is 0 Å². The van der Waals surface area contributed by atoms with Crippen molar-refractivity contribution >= 4 is 17.7 Å². The third-order valence-electron chi connectivity index (χ3n) is 2.92. The first-order valence-electron chi connectivity index (χ1n) is 6.43. The van der Waals surface area contributed by atoms with Gasteiger partial charge in [0.25, 0.3) is 0 Å². The number of hydrogen-bond donors (Lipinski definition) is 4. The van der Waals surface area contributed by atoms with E-state index in [0.29, 0.717) is 24.2 Å². The van der Waals surface area contributed by atoms with Crippen molar-refractivity contribution < 1.29 is 14.7 Å². The predicted octanol–water partition coefficient (Wildman–Crippen LogP) is 1.78. The van der Waals surface area contributed by atoms with E-state index in [9.17, 15) is 9.59 Å². The summed E-state index contributed by atoms with van der Waals surface area (Å²) in [6, 6.07) is 4.30. The van der Waals surface area contributed by atoms with Gasteiger partial charge in [-0.05, 0) is 30.7 Å². The number of H-pyrrole nitrogens is 1. The molecule has 1 aromatic carbocycles. The van der Waals surface area contributed by atoms with Crippen LogP contribution in [-0.4, -0.2) is 33.6 Å². The largest absolute Gasteiger partial charge is 0.478 e. The zero-order valence-electron chi connectivity index (χ0n) is 11.5. The van der Waals surface area contributed by atoms with Gasteiger partial charge in [0.1, 0.15) is 5.82 Å². The molecule has 1 aromatic heterocycles. The minimum Gasteiger partial charge on any atom is -0.478 e. The zero-order chi connectivity index (χ0) is 15.2. The SMILES string of the molecule is Cc1cc(NC(=O)NCCc2ncc[nH]2)ccc1C(=O)O. The molecular weight excluding hydrogens is 272 g/mol. The summed E-state index contributed by atoms with van der Waals surface area (Å²) in [6.07, 6.45) is 3.99. The first-order chi connectivity index (χ1) is 10.1. The Balaban J connectivity index is 1.85. The van der Waals surface area contributed by atoms with E-state index in [1.165, 1.54) is 6.07 Å². The first-order valence-corrected chi connectivity index (χ1v) is 6.43. The van der Waals surface area contributed by atoms with E-state index in [-0.39, 0.29) is 11.6 Å². The highest BCUT2D eigenvalue weighted by Gasteiger charge is 2.08. The third-order valence-corrected chi connectivity index (χ3v) is 2.92. The van der Waals surface area contributed by atoms with E-state index < -0.39 is 5.97 Å². The lowest BCUT2D eigenvalue weighted by molar-refractivity contribution is 0.0696. The summed E-state index contributed by atoms with van der Waals surface area (Å²) in [5.41, 5.74) is 1.36. The quantitative estimate of drug-likeness (QED) is 0.672. The van der Waals surface area contributed by atoms with E-state index in [2.05, 4.69) is 20.6 Å². The van der Waals surface area contributed by atoms with Crippen molar-refractivity contribution in [1.82, 2.24) is 15.3 Å². The van der Waals surface area contributed by atoms with Crippen molar-refractivity contribution in [3.8, 4) is 0 Å². The van der Waals surface area contributed by atoms with Gasteiger partial charge in [0.15, 0.2) is 0 Å². The topological polar surface area (TPSA) is 107 Å². The molecule has 2 amide bonds. The zero-order valence-corrected chi connectivity index (χ0v) is 11.5. The van der Waals surface area contributed by atoms with Crippen molar-refractivity contribution in [2.45, 2.75) is 13.3 Å². The van der Waals surface area contributed by atoms with Crippen LogP contribution in [0.4, 0.5) is 10.5 Å². The van der Waals surface area contributed by atoms with Crippen LogP contribution in [-0.2, 0) is 6.42 Å². The average Bonchev–Trinajstić information content (AvgIpc) is 2.91. The lowest BCUT2D eigenvalue weighted by atomic mass is 10.1. The maximum absolute atomic E-state index is 11.7. The molecule has 0 saturated carbocycles. The average molecular weight is 288 g/mol. The van der Waals surface area contributed by atoms with Crippen LogP contribution in [0.2, 0.25) is 0 Å². The molecule has 0 spiro atoms. The highest BCUT2D eigenvalue weighted by Crippen LogP contribution is 2.15. The fraction of sp³-hybridized carbons (Fsp3) is 0.214. The van der Waals surface area contributed by atoms with E-state index in [4.69, 9.17) is 5.11 Å². The van der Waals surface area contributed by atoms with E-state index in [1.54, 1.807) is 31.5 Å². The molecule has 0 aliphatic carbocycles. The number of nitrogens with one attached hydrogen (secondary N) is 3. The third kappa shape index (κ3) is 4.07. The molecule has 0 atom stereocenters. The van der Waals surface area contributed by atoms with E-state index in [0.717, 1.165) is 5.82 Å². The fourth-order valence-corrected chi connectivity index (χ4v) is 1.89. The number of aromatic carboxylic acids is 1. The molecule has 7 heteroatoms. The maximum atomic E-state index is 11.7. The van der Waals surface area contributed by atoms with Crippen LogP contribution in [0, 0.1) is 6.92 Å². The highest BCUT2D eigenvalue weighted by molar-refractivity contribution is 5.92. The lowest BCUT2D eigenvalue weighted by Crippen LogP contribution is -2.30. The van der Waals surface area contributed by atoms with Crippen molar-refractivity contribution in [1.29, 1.82) is 0 Å². The smallest absolute Gasteiger partial charge is 0.335 e. The second-order valence-corrected chi connectivity index (χ2v) is 4.50. The molecule has 0 aliphatic rings. The van der Waals surface area contributed by atoms with Crippen LogP contribution in [0.5, 0.6) is 0 Å². The number of aromatic nitrogens is 2. The van der Waals surface area contributed by atoms with Crippen molar-refractivity contribution in [3.05, 3.63) is 47.5 Å². The van der Waals surface area contributed by atoms with Gasteiger partial charge in [0.05, 0.1) is 5.56 Å². The number of nitrogens with zero attached hydrogens (tertiary/aromatic N) is 1. The molecule has 0 saturated heterocycles. The minimum atomic E-state index is -0.984. The molecule has 0 aliphatic heterocycles. The lowest BCUT2D eigenvalue weighted by Gasteiger charge is -2.09.